The highest BCUT2D eigenvalue weighted by Gasteiger charge is 2.10. The van der Waals surface area contributed by atoms with Crippen molar-refractivity contribution in [2.24, 2.45) is 0 Å². The average Bonchev–Trinajstić information content (AvgIpc) is 3.10. The number of carbonyl (C=O) groups excluding carboxylic acids is 1. The van der Waals surface area contributed by atoms with Crippen LogP contribution in [0.2, 0.25) is 0 Å². The first-order valence-electron chi connectivity index (χ1n) is 7.64. The van der Waals surface area contributed by atoms with Crippen LogP contribution in [0.3, 0.4) is 0 Å². The predicted molar refractivity (Wildman–Crippen MR) is 88.5 cm³/mol. The number of halogens is 2. The summed E-state index contributed by atoms with van der Waals surface area (Å²) in [4.78, 5) is 11.8. The summed E-state index contributed by atoms with van der Waals surface area (Å²) in [5.74, 6) is -0.132. The number of aryl methyl sites for hydroxylation is 1. The number of ether oxygens (including phenoxy) is 2. The molecule has 0 saturated carbocycles. The summed E-state index contributed by atoms with van der Waals surface area (Å²) in [7, 11) is 1.35. The summed E-state index contributed by atoms with van der Waals surface area (Å²) in [6.07, 6.45) is 7.26. The van der Waals surface area contributed by atoms with Gasteiger partial charge in [0.1, 0.15) is 0 Å². The first-order chi connectivity index (χ1) is 12.1. The second-order valence-electron chi connectivity index (χ2n) is 5.04. The highest BCUT2D eigenvalue weighted by molar-refractivity contribution is 5.91. The van der Waals surface area contributed by atoms with Gasteiger partial charge in [0, 0.05) is 31.6 Å². The normalized spacial score (nSPS) is 11.0. The molecule has 0 unspecified atom stereocenters. The number of hydrogen-bond acceptors (Lipinski definition) is 4. The van der Waals surface area contributed by atoms with Crippen LogP contribution in [-0.2, 0) is 11.3 Å². The van der Waals surface area contributed by atoms with Gasteiger partial charge in [-0.15, -0.1) is 0 Å². The molecule has 8 heteroatoms. The fourth-order valence-corrected chi connectivity index (χ4v) is 2.10. The van der Waals surface area contributed by atoms with E-state index in [9.17, 15) is 13.6 Å². The first-order valence-corrected chi connectivity index (χ1v) is 7.64. The number of benzene rings is 1. The topological polar surface area (TPSA) is 65.4 Å². The maximum Gasteiger partial charge on any atom is 0.387 e. The van der Waals surface area contributed by atoms with Crippen molar-refractivity contribution in [2.75, 3.05) is 13.7 Å². The number of hydrogen-bond donors (Lipinski definition) is 1. The zero-order chi connectivity index (χ0) is 18.1. The van der Waals surface area contributed by atoms with Crippen LogP contribution in [0.1, 0.15) is 12.0 Å². The molecule has 1 N–H and O–H groups in total. The summed E-state index contributed by atoms with van der Waals surface area (Å²) < 4.78 is 35.7. The molecule has 0 aliphatic rings. The lowest BCUT2D eigenvalue weighted by molar-refractivity contribution is -0.116. The van der Waals surface area contributed by atoms with E-state index >= 15 is 0 Å². The van der Waals surface area contributed by atoms with Crippen molar-refractivity contribution >= 4 is 12.0 Å². The van der Waals surface area contributed by atoms with E-state index in [1.54, 1.807) is 23.0 Å². The Labute approximate surface area is 144 Å². The lowest BCUT2D eigenvalue weighted by Crippen LogP contribution is -2.23. The Morgan fingerprint density at radius 1 is 1.40 bits per heavy atom. The molecule has 0 atom stereocenters. The fourth-order valence-electron chi connectivity index (χ4n) is 2.10. The van der Waals surface area contributed by atoms with Crippen LogP contribution < -0.4 is 14.8 Å². The third kappa shape index (κ3) is 6.25. The Hall–Kier alpha value is -2.90. The van der Waals surface area contributed by atoms with Crippen molar-refractivity contribution in [3.63, 3.8) is 0 Å². The third-order valence-electron chi connectivity index (χ3n) is 3.25. The minimum atomic E-state index is -2.93. The van der Waals surface area contributed by atoms with E-state index in [0.29, 0.717) is 12.1 Å². The van der Waals surface area contributed by atoms with Gasteiger partial charge in [-0.3, -0.25) is 9.48 Å². The fraction of sp³-hybridized carbons (Fsp3) is 0.294. The highest BCUT2D eigenvalue weighted by atomic mass is 19.3. The maximum absolute atomic E-state index is 12.3. The molecule has 0 spiro atoms. The molecule has 6 nitrogen and oxygen atoms in total. The molecule has 134 valence electrons. The van der Waals surface area contributed by atoms with E-state index in [-0.39, 0.29) is 17.4 Å². The molecule has 2 aromatic rings. The molecule has 0 radical (unpaired) electrons. The van der Waals surface area contributed by atoms with Gasteiger partial charge in [0.05, 0.1) is 7.11 Å². The van der Waals surface area contributed by atoms with Gasteiger partial charge < -0.3 is 14.8 Å². The van der Waals surface area contributed by atoms with E-state index in [1.165, 1.54) is 25.3 Å². The van der Waals surface area contributed by atoms with Crippen LogP contribution in [0.25, 0.3) is 6.08 Å². The number of aromatic nitrogens is 2. The number of alkyl halides is 2. The van der Waals surface area contributed by atoms with Crippen LogP contribution in [0, 0.1) is 0 Å². The Balaban J connectivity index is 1.82. The molecule has 1 aromatic carbocycles. The molecular formula is C17H19F2N3O3. The number of methoxy groups -OCH3 is 1. The van der Waals surface area contributed by atoms with Crippen LogP contribution in [0.5, 0.6) is 11.5 Å². The van der Waals surface area contributed by atoms with E-state index in [0.717, 1.165) is 13.0 Å². The monoisotopic (exact) mass is 351 g/mol. The van der Waals surface area contributed by atoms with Crippen LogP contribution in [0.4, 0.5) is 8.78 Å². The first kappa shape index (κ1) is 18.4. The lowest BCUT2D eigenvalue weighted by Gasteiger charge is -2.10. The lowest BCUT2D eigenvalue weighted by atomic mass is 10.2. The quantitative estimate of drug-likeness (QED) is 0.557. The van der Waals surface area contributed by atoms with Crippen LogP contribution in [-0.4, -0.2) is 36.0 Å². The summed E-state index contributed by atoms with van der Waals surface area (Å²) in [5, 5.41) is 6.83. The van der Waals surface area contributed by atoms with Gasteiger partial charge in [-0.25, -0.2) is 0 Å². The Kier molecular flexibility index (Phi) is 6.94. The maximum atomic E-state index is 12.3. The van der Waals surface area contributed by atoms with Crippen molar-refractivity contribution in [2.45, 2.75) is 19.6 Å². The van der Waals surface area contributed by atoms with E-state index in [1.807, 2.05) is 12.3 Å². The van der Waals surface area contributed by atoms with Crippen molar-refractivity contribution in [3.05, 3.63) is 48.3 Å². The standard InChI is InChI=1S/C17H19F2N3O3/c1-24-15-12-13(4-6-14(15)25-17(18)19)5-7-16(23)20-8-2-10-22-11-3-9-21-22/h3-7,9,11-12,17H,2,8,10H2,1H3,(H,20,23)/b7-5+. The highest BCUT2D eigenvalue weighted by Crippen LogP contribution is 2.29. The summed E-state index contributed by atoms with van der Waals surface area (Å²) >= 11 is 0. The molecule has 1 heterocycles. The van der Waals surface area contributed by atoms with Gasteiger partial charge in [-0.1, -0.05) is 6.07 Å². The van der Waals surface area contributed by atoms with Gasteiger partial charge in [0.2, 0.25) is 5.91 Å². The van der Waals surface area contributed by atoms with E-state index in [4.69, 9.17) is 4.74 Å². The van der Waals surface area contributed by atoms with Crippen LogP contribution >= 0.6 is 0 Å². The average molecular weight is 351 g/mol. The molecule has 0 saturated heterocycles. The Morgan fingerprint density at radius 3 is 2.92 bits per heavy atom. The van der Waals surface area contributed by atoms with Gasteiger partial charge in [-0.05, 0) is 36.3 Å². The summed E-state index contributed by atoms with van der Waals surface area (Å²) in [6.45, 7) is -1.68. The smallest absolute Gasteiger partial charge is 0.387 e. The zero-order valence-electron chi connectivity index (χ0n) is 13.7. The molecule has 0 aliphatic carbocycles. The number of rotatable bonds is 9. The van der Waals surface area contributed by atoms with E-state index < -0.39 is 6.61 Å². The molecule has 25 heavy (non-hydrogen) atoms. The second kappa shape index (κ2) is 9.41. The van der Waals surface area contributed by atoms with Gasteiger partial charge >= 0.3 is 6.61 Å². The third-order valence-corrected chi connectivity index (χ3v) is 3.25. The number of nitrogens with one attached hydrogen (secondary N) is 1. The van der Waals surface area contributed by atoms with Crippen molar-refractivity contribution in [1.29, 1.82) is 0 Å². The minimum absolute atomic E-state index is 0.0577. The minimum Gasteiger partial charge on any atom is -0.493 e. The summed E-state index contributed by atoms with van der Waals surface area (Å²) in [5.41, 5.74) is 0.630. The molecule has 2 rings (SSSR count). The van der Waals surface area contributed by atoms with Gasteiger partial charge in [0.15, 0.2) is 11.5 Å². The molecule has 1 aromatic heterocycles. The molecular weight excluding hydrogens is 332 g/mol. The molecule has 0 aliphatic heterocycles. The van der Waals surface area contributed by atoms with E-state index in [2.05, 4.69) is 15.2 Å². The molecule has 0 bridgehead atoms. The zero-order valence-corrected chi connectivity index (χ0v) is 13.7. The molecule has 0 fully saturated rings. The number of amides is 1. The van der Waals surface area contributed by atoms with Crippen molar-refractivity contribution < 1.29 is 23.0 Å². The largest absolute Gasteiger partial charge is 0.493 e. The Bertz CT molecular complexity index is 703. The Morgan fingerprint density at radius 2 is 2.24 bits per heavy atom. The van der Waals surface area contributed by atoms with Gasteiger partial charge in [-0.2, -0.15) is 13.9 Å². The predicted octanol–water partition coefficient (Wildman–Crippen LogP) is 2.71. The number of carbonyl (C=O) groups is 1. The van der Waals surface area contributed by atoms with Gasteiger partial charge in [0.25, 0.3) is 0 Å². The SMILES string of the molecule is COc1cc(/C=C/C(=O)NCCCn2cccn2)ccc1OC(F)F. The van der Waals surface area contributed by atoms with Crippen molar-refractivity contribution in [1.82, 2.24) is 15.1 Å². The van der Waals surface area contributed by atoms with Crippen molar-refractivity contribution in [3.8, 4) is 11.5 Å². The number of nitrogens with zero attached hydrogens (tertiary/aromatic N) is 2. The second-order valence-corrected chi connectivity index (χ2v) is 5.04. The molecule has 1 amide bonds. The summed E-state index contributed by atoms with van der Waals surface area (Å²) in [6, 6.07) is 6.28. The van der Waals surface area contributed by atoms with Crippen LogP contribution in [0.15, 0.2) is 42.7 Å².